The van der Waals surface area contributed by atoms with Crippen LogP contribution in [0.5, 0.6) is 0 Å². The Kier molecular flexibility index (Phi) is 5.76. The molecule has 8 heteroatoms. The van der Waals surface area contributed by atoms with Gasteiger partial charge in [-0.05, 0) is 42.7 Å². The molecule has 1 aliphatic rings. The van der Waals surface area contributed by atoms with Crippen LogP contribution in [0, 0.1) is 5.82 Å². The number of rotatable bonds is 7. The second kappa shape index (κ2) is 9.19. The molecule has 1 N–H and O–H groups in total. The minimum absolute atomic E-state index is 0.211. The van der Waals surface area contributed by atoms with Gasteiger partial charge in [0, 0.05) is 49.9 Å². The topological polar surface area (TPSA) is 50.4 Å². The van der Waals surface area contributed by atoms with Crippen molar-refractivity contribution >= 4 is 33.3 Å². The van der Waals surface area contributed by atoms with Gasteiger partial charge in [-0.2, -0.15) is 0 Å². The van der Waals surface area contributed by atoms with E-state index in [-0.39, 0.29) is 5.82 Å². The number of piperidine rings is 1. The van der Waals surface area contributed by atoms with Crippen molar-refractivity contribution in [3.05, 3.63) is 83.4 Å². The van der Waals surface area contributed by atoms with Crippen LogP contribution in [0.2, 0.25) is 0 Å². The number of hydrogen-bond donors (Lipinski definition) is 1. The zero-order valence-electron chi connectivity index (χ0n) is 18.9. The molecule has 34 heavy (non-hydrogen) atoms. The standard InChI is InChI=1S/C26H27FN6S/c27-20-7-5-19(6-8-20)17-33-24-4-2-1-3-23(24)30-25(33)28-21-9-12-31(13-10-21)14-11-22-18-32-15-16-34-26(32)29-22/h1-8,15-16,18,21H,9-14,17H2,(H,28,30). The van der Waals surface area contributed by atoms with Gasteiger partial charge in [0.25, 0.3) is 0 Å². The summed E-state index contributed by atoms with van der Waals surface area (Å²) in [5.41, 5.74) is 4.29. The Balaban J connectivity index is 1.10. The number of fused-ring (bicyclic) bond motifs is 2. The summed E-state index contributed by atoms with van der Waals surface area (Å²) in [7, 11) is 0. The number of hydrogen-bond acceptors (Lipinski definition) is 5. The number of halogens is 1. The van der Waals surface area contributed by atoms with E-state index in [2.05, 4.69) is 43.0 Å². The highest BCUT2D eigenvalue weighted by Crippen LogP contribution is 2.24. The molecule has 1 fully saturated rings. The summed E-state index contributed by atoms with van der Waals surface area (Å²) in [6.45, 7) is 3.83. The van der Waals surface area contributed by atoms with E-state index in [0.717, 1.165) is 66.4 Å². The van der Waals surface area contributed by atoms with E-state index in [1.807, 2.05) is 30.3 Å². The van der Waals surface area contributed by atoms with Gasteiger partial charge in [-0.15, -0.1) is 11.3 Å². The average molecular weight is 475 g/mol. The summed E-state index contributed by atoms with van der Waals surface area (Å²) in [6.07, 6.45) is 7.36. The van der Waals surface area contributed by atoms with E-state index in [4.69, 9.17) is 9.97 Å². The summed E-state index contributed by atoms with van der Waals surface area (Å²) in [5, 5.41) is 5.78. The summed E-state index contributed by atoms with van der Waals surface area (Å²) < 4.78 is 17.7. The molecule has 0 radical (unpaired) electrons. The number of para-hydroxylation sites is 2. The molecule has 0 unspecified atom stereocenters. The number of likely N-dealkylation sites (tertiary alicyclic amines) is 1. The smallest absolute Gasteiger partial charge is 0.204 e. The number of benzene rings is 2. The van der Waals surface area contributed by atoms with Crippen molar-refractivity contribution in [1.29, 1.82) is 0 Å². The van der Waals surface area contributed by atoms with E-state index < -0.39 is 0 Å². The predicted molar refractivity (Wildman–Crippen MR) is 135 cm³/mol. The second-order valence-corrected chi connectivity index (χ2v) is 9.85. The fourth-order valence-corrected chi connectivity index (χ4v) is 5.49. The third-order valence-corrected chi connectivity index (χ3v) is 7.43. The molecule has 2 aromatic carbocycles. The molecule has 5 aromatic rings. The molecule has 4 heterocycles. The van der Waals surface area contributed by atoms with Gasteiger partial charge in [-0.3, -0.25) is 4.40 Å². The van der Waals surface area contributed by atoms with Crippen molar-refractivity contribution in [3.8, 4) is 0 Å². The summed E-state index contributed by atoms with van der Waals surface area (Å²) in [6, 6.07) is 15.3. The van der Waals surface area contributed by atoms with Gasteiger partial charge in [0.2, 0.25) is 5.95 Å². The molecule has 0 atom stereocenters. The molecule has 0 spiro atoms. The molecule has 6 rings (SSSR count). The number of anilines is 1. The van der Waals surface area contributed by atoms with Gasteiger partial charge in [0.15, 0.2) is 4.96 Å². The third kappa shape index (κ3) is 4.43. The number of thiazole rings is 1. The largest absolute Gasteiger partial charge is 0.353 e. The number of nitrogens with one attached hydrogen (secondary N) is 1. The Bertz CT molecular complexity index is 1370. The average Bonchev–Trinajstić information content (AvgIpc) is 3.54. The van der Waals surface area contributed by atoms with Crippen LogP contribution in [0.25, 0.3) is 16.0 Å². The van der Waals surface area contributed by atoms with Gasteiger partial charge in [-0.25, -0.2) is 14.4 Å². The highest BCUT2D eigenvalue weighted by molar-refractivity contribution is 7.15. The lowest BCUT2D eigenvalue weighted by Gasteiger charge is -2.32. The maximum absolute atomic E-state index is 13.4. The first-order valence-electron chi connectivity index (χ1n) is 11.8. The Morgan fingerprint density at radius 3 is 2.68 bits per heavy atom. The molecular weight excluding hydrogens is 447 g/mol. The van der Waals surface area contributed by atoms with Gasteiger partial charge >= 0.3 is 0 Å². The van der Waals surface area contributed by atoms with Crippen molar-refractivity contribution < 1.29 is 4.39 Å². The molecule has 0 aliphatic carbocycles. The summed E-state index contributed by atoms with van der Waals surface area (Å²) >= 11 is 1.68. The lowest BCUT2D eigenvalue weighted by molar-refractivity contribution is 0.220. The first kappa shape index (κ1) is 21.3. The normalized spacial score (nSPS) is 15.4. The zero-order valence-corrected chi connectivity index (χ0v) is 19.7. The van der Waals surface area contributed by atoms with Crippen LogP contribution < -0.4 is 5.32 Å². The quantitative estimate of drug-likeness (QED) is 0.359. The van der Waals surface area contributed by atoms with Gasteiger partial charge in [0.05, 0.1) is 23.3 Å². The fourth-order valence-electron chi connectivity index (χ4n) is 4.77. The minimum atomic E-state index is -0.211. The molecule has 6 nitrogen and oxygen atoms in total. The van der Waals surface area contributed by atoms with Crippen LogP contribution in [0.3, 0.4) is 0 Å². The molecular formula is C26H27FN6S. The van der Waals surface area contributed by atoms with Crippen LogP contribution in [0.15, 0.2) is 66.3 Å². The van der Waals surface area contributed by atoms with E-state index in [0.29, 0.717) is 12.6 Å². The van der Waals surface area contributed by atoms with Crippen LogP contribution in [-0.4, -0.2) is 49.5 Å². The second-order valence-electron chi connectivity index (χ2n) is 8.97. The minimum Gasteiger partial charge on any atom is -0.353 e. The van der Waals surface area contributed by atoms with Crippen molar-refractivity contribution in [2.75, 3.05) is 25.0 Å². The summed E-state index contributed by atoms with van der Waals surface area (Å²) in [5.74, 6) is 0.680. The molecule has 0 bridgehead atoms. The molecule has 1 saturated heterocycles. The van der Waals surface area contributed by atoms with Crippen molar-refractivity contribution in [1.82, 2.24) is 23.8 Å². The first-order chi connectivity index (χ1) is 16.7. The van der Waals surface area contributed by atoms with E-state index >= 15 is 0 Å². The lowest BCUT2D eigenvalue weighted by atomic mass is 10.0. The SMILES string of the molecule is Fc1ccc(Cn2c(NC3CCN(CCc4cn5ccsc5n4)CC3)nc3ccccc32)cc1. The maximum Gasteiger partial charge on any atom is 0.204 e. The van der Waals surface area contributed by atoms with E-state index in [1.54, 1.807) is 11.3 Å². The Labute approximate surface area is 201 Å². The molecule has 0 saturated carbocycles. The zero-order chi connectivity index (χ0) is 22.9. The Morgan fingerprint density at radius 1 is 1.03 bits per heavy atom. The fraction of sp³-hybridized carbons (Fsp3) is 0.308. The molecule has 174 valence electrons. The third-order valence-electron chi connectivity index (χ3n) is 6.66. The molecule has 3 aromatic heterocycles. The van der Waals surface area contributed by atoms with Crippen molar-refractivity contribution in [2.24, 2.45) is 0 Å². The van der Waals surface area contributed by atoms with Crippen LogP contribution >= 0.6 is 11.3 Å². The van der Waals surface area contributed by atoms with Crippen molar-refractivity contribution in [2.45, 2.75) is 31.8 Å². The van der Waals surface area contributed by atoms with Gasteiger partial charge in [-0.1, -0.05) is 24.3 Å². The van der Waals surface area contributed by atoms with E-state index in [9.17, 15) is 4.39 Å². The van der Waals surface area contributed by atoms with Crippen molar-refractivity contribution in [3.63, 3.8) is 0 Å². The Hall–Kier alpha value is -3.23. The number of aromatic nitrogens is 4. The van der Waals surface area contributed by atoms with Crippen LogP contribution in [0.4, 0.5) is 10.3 Å². The Morgan fingerprint density at radius 2 is 1.85 bits per heavy atom. The van der Waals surface area contributed by atoms with Crippen LogP contribution in [-0.2, 0) is 13.0 Å². The van der Waals surface area contributed by atoms with Crippen LogP contribution in [0.1, 0.15) is 24.1 Å². The highest BCUT2D eigenvalue weighted by Gasteiger charge is 2.21. The number of nitrogens with zero attached hydrogens (tertiary/aromatic N) is 5. The van der Waals surface area contributed by atoms with Gasteiger partial charge in [0.1, 0.15) is 5.82 Å². The molecule has 0 amide bonds. The number of imidazole rings is 2. The van der Waals surface area contributed by atoms with Gasteiger partial charge < -0.3 is 14.8 Å². The maximum atomic E-state index is 13.4. The van der Waals surface area contributed by atoms with E-state index in [1.165, 1.54) is 17.8 Å². The molecule has 1 aliphatic heterocycles. The predicted octanol–water partition coefficient (Wildman–Crippen LogP) is 5.05. The highest BCUT2D eigenvalue weighted by atomic mass is 32.1. The lowest BCUT2D eigenvalue weighted by Crippen LogP contribution is -2.40. The monoisotopic (exact) mass is 474 g/mol. The summed E-state index contributed by atoms with van der Waals surface area (Å²) in [4.78, 5) is 13.2. The first-order valence-corrected chi connectivity index (χ1v) is 12.7.